The fraction of sp³-hybridized carbons (Fsp3) is 0.667. The topological polar surface area (TPSA) is 41.0 Å². The first-order valence-electron chi connectivity index (χ1n) is 6.04. The number of hydrogen-bond donors (Lipinski definition) is 1. The molecule has 100 valence electrons. The van der Waals surface area contributed by atoms with Crippen molar-refractivity contribution in [2.24, 2.45) is 0 Å². The summed E-state index contributed by atoms with van der Waals surface area (Å²) in [4.78, 5) is 11.4. The summed E-state index contributed by atoms with van der Waals surface area (Å²) in [6.07, 6.45) is 2.01. The van der Waals surface area contributed by atoms with Crippen molar-refractivity contribution in [2.75, 3.05) is 42.4 Å². The number of anilines is 2. The Kier molecular flexibility index (Phi) is 4.27. The molecule has 0 unspecified atom stereocenters. The van der Waals surface area contributed by atoms with Crippen LogP contribution in [0.2, 0.25) is 0 Å². The average molecular weight is 284 g/mol. The van der Waals surface area contributed by atoms with E-state index in [4.69, 9.17) is 0 Å². The number of rotatable bonds is 3. The molecule has 2 heterocycles. The van der Waals surface area contributed by atoms with E-state index in [9.17, 15) is 0 Å². The van der Waals surface area contributed by atoms with Crippen LogP contribution in [0.3, 0.4) is 0 Å². The Morgan fingerprint density at radius 2 is 2.22 bits per heavy atom. The lowest BCUT2D eigenvalue weighted by atomic mass is 10.2. The Labute approximate surface area is 117 Å². The van der Waals surface area contributed by atoms with Crippen molar-refractivity contribution in [3.8, 4) is 0 Å². The van der Waals surface area contributed by atoms with Crippen LogP contribution in [-0.2, 0) is 0 Å². The zero-order chi connectivity index (χ0) is 13.2. The molecule has 0 saturated carbocycles. The van der Waals surface area contributed by atoms with Crippen LogP contribution in [0.5, 0.6) is 0 Å². The predicted molar refractivity (Wildman–Crippen MR) is 82.1 cm³/mol. The second-order valence-corrected chi connectivity index (χ2v) is 7.45. The molecule has 1 saturated heterocycles. The van der Waals surface area contributed by atoms with E-state index in [0.717, 1.165) is 35.6 Å². The number of aromatic nitrogens is 2. The summed E-state index contributed by atoms with van der Waals surface area (Å²) in [5.41, 5.74) is 0. The molecule has 0 radical (unpaired) electrons. The summed E-state index contributed by atoms with van der Waals surface area (Å²) in [5, 5.41) is 3.93. The van der Waals surface area contributed by atoms with Crippen LogP contribution in [0.25, 0.3) is 0 Å². The zero-order valence-corrected chi connectivity index (χ0v) is 13.0. The van der Waals surface area contributed by atoms with E-state index in [0.29, 0.717) is 4.75 Å². The van der Waals surface area contributed by atoms with Crippen molar-refractivity contribution in [3.05, 3.63) is 6.07 Å². The third-order valence-corrected chi connectivity index (χ3v) is 4.73. The third-order valence-electron chi connectivity index (χ3n) is 2.88. The van der Waals surface area contributed by atoms with E-state index in [1.54, 1.807) is 11.8 Å². The molecule has 0 aromatic carbocycles. The smallest absolute Gasteiger partial charge is 0.191 e. The highest BCUT2D eigenvalue weighted by molar-refractivity contribution is 8.00. The van der Waals surface area contributed by atoms with Gasteiger partial charge in [-0.25, -0.2) is 9.97 Å². The van der Waals surface area contributed by atoms with Gasteiger partial charge in [0, 0.05) is 36.7 Å². The van der Waals surface area contributed by atoms with Gasteiger partial charge in [-0.1, -0.05) is 11.8 Å². The van der Waals surface area contributed by atoms with Gasteiger partial charge in [0.15, 0.2) is 5.16 Å². The van der Waals surface area contributed by atoms with Crippen LogP contribution >= 0.6 is 23.5 Å². The molecule has 0 atom stereocenters. The van der Waals surface area contributed by atoms with E-state index < -0.39 is 0 Å². The average Bonchev–Trinajstić information content (AvgIpc) is 2.37. The summed E-state index contributed by atoms with van der Waals surface area (Å²) in [6, 6.07) is 2.03. The van der Waals surface area contributed by atoms with Crippen molar-refractivity contribution in [1.82, 2.24) is 9.97 Å². The normalized spacial score (nSPS) is 18.8. The maximum atomic E-state index is 4.62. The molecule has 1 aliphatic rings. The maximum Gasteiger partial charge on any atom is 0.191 e. The van der Waals surface area contributed by atoms with Gasteiger partial charge >= 0.3 is 0 Å². The van der Waals surface area contributed by atoms with E-state index in [-0.39, 0.29) is 0 Å². The van der Waals surface area contributed by atoms with Gasteiger partial charge in [-0.05, 0) is 20.1 Å². The Bertz CT molecular complexity index is 400. The van der Waals surface area contributed by atoms with Crippen molar-refractivity contribution in [1.29, 1.82) is 0 Å². The van der Waals surface area contributed by atoms with Crippen LogP contribution in [-0.4, -0.2) is 46.9 Å². The number of thioether (sulfide) groups is 2. The van der Waals surface area contributed by atoms with Crippen molar-refractivity contribution in [3.63, 3.8) is 0 Å². The van der Waals surface area contributed by atoms with Gasteiger partial charge in [-0.15, -0.1) is 0 Å². The first kappa shape index (κ1) is 13.8. The molecule has 0 bridgehead atoms. The highest BCUT2D eigenvalue weighted by Crippen LogP contribution is 2.32. The van der Waals surface area contributed by atoms with Crippen molar-refractivity contribution >= 4 is 35.2 Å². The van der Waals surface area contributed by atoms with Crippen LogP contribution in [0.15, 0.2) is 11.2 Å². The Hall–Kier alpha value is -0.620. The molecule has 2 rings (SSSR count). The molecule has 1 N–H and O–H groups in total. The lowest BCUT2D eigenvalue weighted by molar-refractivity contribution is 0.639. The van der Waals surface area contributed by atoms with Gasteiger partial charge < -0.3 is 10.2 Å². The second kappa shape index (κ2) is 5.57. The quantitative estimate of drug-likeness (QED) is 0.679. The van der Waals surface area contributed by atoms with Gasteiger partial charge in [-0.3, -0.25) is 0 Å². The van der Waals surface area contributed by atoms with Crippen molar-refractivity contribution < 1.29 is 0 Å². The van der Waals surface area contributed by atoms with Crippen molar-refractivity contribution in [2.45, 2.75) is 23.8 Å². The minimum Gasteiger partial charge on any atom is -0.373 e. The van der Waals surface area contributed by atoms with Crippen LogP contribution in [0, 0.1) is 0 Å². The lowest BCUT2D eigenvalue weighted by Crippen LogP contribution is -2.43. The van der Waals surface area contributed by atoms with Gasteiger partial charge in [0.25, 0.3) is 0 Å². The Balaban J connectivity index is 2.26. The first-order chi connectivity index (χ1) is 8.54. The first-order valence-corrected chi connectivity index (χ1v) is 8.25. The standard InChI is InChI=1S/C12H20N4S2/c1-12(2)8-16(5-6-18-12)10-7-9(13-3)14-11(15-10)17-4/h7H,5-6,8H2,1-4H3,(H,13,14,15). The van der Waals surface area contributed by atoms with Crippen LogP contribution in [0.1, 0.15) is 13.8 Å². The van der Waals surface area contributed by atoms with E-state index >= 15 is 0 Å². The molecular weight excluding hydrogens is 264 g/mol. The molecule has 1 fully saturated rings. The zero-order valence-electron chi connectivity index (χ0n) is 11.4. The van der Waals surface area contributed by atoms with E-state index in [2.05, 4.69) is 34.0 Å². The highest BCUT2D eigenvalue weighted by atomic mass is 32.2. The fourth-order valence-corrected chi connectivity index (χ4v) is 3.49. The number of nitrogens with one attached hydrogen (secondary N) is 1. The molecular formula is C12H20N4S2. The SMILES string of the molecule is CNc1cc(N2CCSC(C)(C)C2)nc(SC)n1. The van der Waals surface area contributed by atoms with Crippen LogP contribution < -0.4 is 10.2 Å². The van der Waals surface area contributed by atoms with Gasteiger partial charge in [-0.2, -0.15) is 11.8 Å². The molecule has 0 spiro atoms. The highest BCUT2D eigenvalue weighted by Gasteiger charge is 2.28. The monoisotopic (exact) mass is 284 g/mol. The summed E-state index contributed by atoms with van der Waals surface area (Å²) in [5.74, 6) is 3.08. The summed E-state index contributed by atoms with van der Waals surface area (Å²) < 4.78 is 0.294. The molecule has 1 aromatic rings. The summed E-state index contributed by atoms with van der Waals surface area (Å²) in [6.45, 7) is 6.67. The second-order valence-electron chi connectivity index (χ2n) is 4.88. The Morgan fingerprint density at radius 3 is 2.83 bits per heavy atom. The molecule has 18 heavy (non-hydrogen) atoms. The number of hydrogen-bond acceptors (Lipinski definition) is 6. The predicted octanol–water partition coefficient (Wildman–Crippen LogP) is 2.57. The lowest BCUT2D eigenvalue weighted by Gasteiger charge is -2.38. The van der Waals surface area contributed by atoms with Gasteiger partial charge in [0.1, 0.15) is 11.6 Å². The fourth-order valence-electron chi connectivity index (χ4n) is 2.01. The number of nitrogens with zero attached hydrogens (tertiary/aromatic N) is 3. The minimum atomic E-state index is 0.294. The van der Waals surface area contributed by atoms with Gasteiger partial charge in [0.05, 0.1) is 0 Å². The summed E-state index contributed by atoms with van der Waals surface area (Å²) in [7, 11) is 1.90. The van der Waals surface area contributed by atoms with Gasteiger partial charge in [0.2, 0.25) is 0 Å². The summed E-state index contributed by atoms with van der Waals surface area (Å²) >= 11 is 3.62. The van der Waals surface area contributed by atoms with E-state index in [1.165, 1.54) is 0 Å². The molecule has 0 aliphatic carbocycles. The molecule has 4 nitrogen and oxygen atoms in total. The molecule has 1 aromatic heterocycles. The molecule has 1 aliphatic heterocycles. The van der Waals surface area contributed by atoms with Crippen LogP contribution in [0.4, 0.5) is 11.6 Å². The third kappa shape index (κ3) is 3.23. The largest absolute Gasteiger partial charge is 0.373 e. The Morgan fingerprint density at radius 1 is 1.44 bits per heavy atom. The molecule has 6 heteroatoms. The maximum absolute atomic E-state index is 4.62. The minimum absolute atomic E-state index is 0.294. The molecule has 0 amide bonds. The van der Waals surface area contributed by atoms with E-state index in [1.807, 2.05) is 31.1 Å².